The number of rotatable bonds is 34. The van der Waals surface area contributed by atoms with Crippen LogP contribution in [-0.2, 0) is 19.1 Å². The van der Waals surface area contributed by atoms with Crippen molar-refractivity contribution in [2.24, 2.45) is 5.92 Å². The summed E-state index contributed by atoms with van der Waals surface area (Å²) in [7, 11) is 0. The Morgan fingerprint density at radius 3 is 1.57 bits per heavy atom. The molecule has 0 aromatic heterocycles. The highest BCUT2D eigenvalue weighted by Gasteiger charge is 2.12. The van der Waals surface area contributed by atoms with Crippen LogP contribution in [0.2, 0.25) is 0 Å². The molecule has 3 atom stereocenters. The number of ether oxygens (including phenoxy) is 2. The molecule has 0 unspecified atom stereocenters. The molecule has 0 aliphatic heterocycles. The van der Waals surface area contributed by atoms with Crippen LogP contribution in [0.3, 0.4) is 0 Å². The lowest BCUT2D eigenvalue weighted by atomic mass is 10.0. The molecule has 0 saturated heterocycles. The fourth-order valence-electron chi connectivity index (χ4n) is 5.35. The van der Waals surface area contributed by atoms with Crippen LogP contribution in [-0.4, -0.2) is 58.8 Å². The molecule has 3 N–H and O–H groups in total. The molecule has 0 aromatic rings. The van der Waals surface area contributed by atoms with Crippen molar-refractivity contribution < 1.29 is 34.4 Å². The fraction of sp³-hybridized carbons (Fsp3) is 0.762. The molecule has 0 radical (unpaired) electrons. The Labute approximate surface area is 300 Å². The molecule has 0 bridgehead atoms. The van der Waals surface area contributed by atoms with Crippen LogP contribution in [0.4, 0.5) is 0 Å². The van der Waals surface area contributed by atoms with Crippen LogP contribution in [0, 0.1) is 5.92 Å². The second-order valence-electron chi connectivity index (χ2n) is 13.9. The molecule has 0 saturated carbocycles. The smallest absolute Gasteiger partial charge is 0.305 e. The van der Waals surface area contributed by atoms with Gasteiger partial charge in [-0.3, -0.25) is 9.59 Å². The lowest BCUT2D eigenvalue weighted by molar-refractivity contribution is -0.152. The summed E-state index contributed by atoms with van der Waals surface area (Å²) in [5.74, 6) is 0.0373. The first kappa shape index (κ1) is 46.8. The van der Waals surface area contributed by atoms with Crippen LogP contribution in [0.15, 0.2) is 48.6 Å². The van der Waals surface area contributed by atoms with Crippen molar-refractivity contribution in [2.75, 3.05) is 13.2 Å². The van der Waals surface area contributed by atoms with Gasteiger partial charge in [0.1, 0.15) is 19.3 Å². The van der Waals surface area contributed by atoms with Crippen molar-refractivity contribution in [1.29, 1.82) is 0 Å². The molecule has 0 spiro atoms. The van der Waals surface area contributed by atoms with Gasteiger partial charge in [0, 0.05) is 12.8 Å². The van der Waals surface area contributed by atoms with Gasteiger partial charge in [0.25, 0.3) is 0 Å². The Bertz CT molecular complexity index is 876. The topological polar surface area (TPSA) is 113 Å². The number of carbonyl (C=O) groups excluding carboxylic acids is 2. The Balaban J connectivity index is 3.69. The average Bonchev–Trinajstić information content (AvgIpc) is 3.07. The predicted molar refractivity (Wildman–Crippen MR) is 203 cm³/mol. The van der Waals surface area contributed by atoms with Gasteiger partial charge < -0.3 is 24.8 Å². The van der Waals surface area contributed by atoms with E-state index >= 15 is 0 Å². The minimum absolute atomic E-state index is 0.125. The van der Waals surface area contributed by atoms with Crippen LogP contribution >= 0.6 is 0 Å². The summed E-state index contributed by atoms with van der Waals surface area (Å²) < 4.78 is 10.2. The highest BCUT2D eigenvalue weighted by Crippen LogP contribution is 2.15. The van der Waals surface area contributed by atoms with E-state index in [4.69, 9.17) is 9.47 Å². The van der Waals surface area contributed by atoms with Crippen molar-refractivity contribution in [3.63, 3.8) is 0 Å². The second-order valence-corrected chi connectivity index (χ2v) is 13.9. The van der Waals surface area contributed by atoms with Gasteiger partial charge in [0.15, 0.2) is 0 Å². The zero-order valence-corrected chi connectivity index (χ0v) is 31.6. The maximum Gasteiger partial charge on any atom is 0.305 e. The summed E-state index contributed by atoms with van der Waals surface area (Å²) in [6, 6.07) is 0. The van der Waals surface area contributed by atoms with Gasteiger partial charge in [-0.1, -0.05) is 166 Å². The van der Waals surface area contributed by atoms with Gasteiger partial charge in [-0.05, 0) is 44.4 Å². The van der Waals surface area contributed by atoms with Crippen LogP contribution in [0.5, 0.6) is 0 Å². The third-order valence-electron chi connectivity index (χ3n) is 8.44. The highest BCUT2D eigenvalue weighted by atomic mass is 16.6. The van der Waals surface area contributed by atoms with E-state index in [-0.39, 0.29) is 25.6 Å². The standard InChI is InChI=1S/C42H74O7/c1-4-5-6-7-18-23-29-38(43)30-24-20-21-25-31-39(44)32-27-34-42(47)49-36-40(45)35-48-41(46)33-26-19-16-14-12-10-8-9-11-13-15-17-22-28-37(2)3/h18,20-21,23-25,30-31,37-40,43-45H,4-17,19,22,26-29,32-36H2,1-3H3/b21-20+,23-18-,30-24+,31-25-/t38-,39-,40+/m1/s1. The Morgan fingerprint density at radius 2 is 1.04 bits per heavy atom. The zero-order valence-electron chi connectivity index (χ0n) is 31.6. The first-order valence-corrected chi connectivity index (χ1v) is 19.8. The Morgan fingerprint density at radius 1 is 0.551 bits per heavy atom. The number of hydrogen-bond acceptors (Lipinski definition) is 7. The first-order valence-electron chi connectivity index (χ1n) is 19.8. The lowest BCUT2D eigenvalue weighted by Gasteiger charge is -2.12. The first-order chi connectivity index (χ1) is 23.7. The maximum absolute atomic E-state index is 12.0. The monoisotopic (exact) mass is 691 g/mol. The highest BCUT2D eigenvalue weighted by molar-refractivity contribution is 5.69. The van der Waals surface area contributed by atoms with Crippen molar-refractivity contribution in [3.05, 3.63) is 48.6 Å². The van der Waals surface area contributed by atoms with Crippen molar-refractivity contribution >= 4 is 11.9 Å². The summed E-state index contributed by atoms with van der Waals surface area (Å²) in [5, 5.41) is 30.0. The van der Waals surface area contributed by atoms with E-state index in [0.717, 1.165) is 31.6 Å². The predicted octanol–water partition coefficient (Wildman–Crippen LogP) is 10.0. The molecular formula is C42H74O7. The van der Waals surface area contributed by atoms with E-state index in [1.807, 2.05) is 6.08 Å². The summed E-state index contributed by atoms with van der Waals surface area (Å²) >= 11 is 0. The second kappa shape index (κ2) is 35.6. The molecule has 0 aliphatic rings. The van der Waals surface area contributed by atoms with Gasteiger partial charge >= 0.3 is 11.9 Å². The molecule has 7 nitrogen and oxygen atoms in total. The van der Waals surface area contributed by atoms with Crippen molar-refractivity contribution in [3.8, 4) is 0 Å². The molecule has 49 heavy (non-hydrogen) atoms. The van der Waals surface area contributed by atoms with E-state index in [9.17, 15) is 24.9 Å². The van der Waals surface area contributed by atoms with Crippen molar-refractivity contribution in [2.45, 2.75) is 187 Å². The minimum Gasteiger partial charge on any atom is -0.463 e. The molecule has 0 aliphatic carbocycles. The van der Waals surface area contributed by atoms with E-state index in [1.165, 1.54) is 89.9 Å². The average molecular weight is 691 g/mol. The number of aliphatic hydroxyl groups is 3. The van der Waals surface area contributed by atoms with E-state index in [0.29, 0.717) is 25.7 Å². The van der Waals surface area contributed by atoms with E-state index in [1.54, 1.807) is 36.5 Å². The fourth-order valence-corrected chi connectivity index (χ4v) is 5.35. The van der Waals surface area contributed by atoms with E-state index in [2.05, 4.69) is 26.8 Å². The molecule has 0 fully saturated rings. The number of allylic oxidation sites excluding steroid dienone is 5. The number of carbonyl (C=O) groups is 2. The molecular weight excluding hydrogens is 616 g/mol. The number of unbranched alkanes of at least 4 members (excludes halogenated alkanes) is 15. The molecule has 0 amide bonds. The number of esters is 2. The Hall–Kier alpha value is -2.22. The molecule has 0 heterocycles. The summed E-state index contributed by atoms with van der Waals surface area (Å²) in [4.78, 5) is 23.9. The van der Waals surface area contributed by atoms with Crippen molar-refractivity contribution in [1.82, 2.24) is 0 Å². The molecule has 284 valence electrons. The summed E-state index contributed by atoms with van der Waals surface area (Å²) in [6.07, 6.45) is 36.6. The lowest BCUT2D eigenvalue weighted by Crippen LogP contribution is -2.25. The summed E-state index contributed by atoms with van der Waals surface area (Å²) in [5.41, 5.74) is 0. The van der Waals surface area contributed by atoms with Gasteiger partial charge in [0.2, 0.25) is 0 Å². The Kier molecular flexibility index (Phi) is 34.0. The van der Waals surface area contributed by atoms with Gasteiger partial charge in [-0.2, -0.15) is 0 Å². The van der Waals surface area contributed by atoms with Gasteiger partial charge in [0.05, 0.1) is 12.2 Å². The van der Waals surface area contributed by atoms with Crippen LogP contribution in [0.25, 0.3) is 0 Å². The van der Waals surface area contributed by atoms with Crippen LogP contribution in [0.1, 0.15) is 168 Å². The molecule has 7 heteroatoms. The SMILES string of the molecule is CCCCC/C=C\C[C@@H](O)/C=C/C=C/C=C\[C@@H](O)CCCC(=O)OC[C@@H](O)COC(=O)CCCCCCCCCCCCCCCC(C)C. The van der Waals surface area contributed by atoms with Gasteiger partial charge in [-0.25, -0.2) is 0 Å². The number of hydrogen-bond donors (Lipinski definition) is 3. The molecule has 0 aromatic carbocycles. The maximum atomic E-state index is 12.0. The minimum atomic E-state index is -1.06. The third-order valence-corrected chi connectivity index (χ3v) is 8.44. The van der Waals surface area contributed by atoms with Crippen LogP contribution < -0.4 is 0 Å². The normalized spacial score (nSPS) is 14.1. The quantitative estimate of drug-likeness (QED) is 0.0267. The summed E-state index contributed by atoms with van der Waals surface area (Å²) in [6.45, 7) is 6.37. The largest absolute Gasteiger partial charge is 0.463 e. The van der Waals surface area contributed by atoms with Gasteiger partial charge in [-0.15, -0.1) is 0 Å². The van der Waals surface area contributed by atoms with E-state index < -0.39 is 24.3 Å². The molecule has 0 rings (SSSR count). The zero-order chi connectivity index (χ0) is 36.2. The number of aliphatic hydroxyl groups excluding tert-OH is 3. The third kappa shape index (κ3) is 36.9.